The topological polar surface area (TPSA) is 58.1 Å². The predicted octanol–water partition coefficient (Wildman–Crippen LogP) is 3.48. The molecule has 25 heavy (non-hydrogen) atoms. The van der Waals surface area contributed by atoms with E-state index in [9.17, 15) is 4.79 Å². The Morgan fingerprint density at radius 3 is 2.80 bits per heavy atom. The molecule has 1 aliphatic heterocycles. The predicted molar refractivity (Wildman–Crippen MR) is 104 cm³/mol. The van der Waals surface area contributed by atoms with Crippen LogP contribution in [0.1, 0.15) is 67.8 Å². The minimum atomic E-state index is -0.0517. The third-order valence-corrected chi connectivity index (χ3v) is 5.37. The van der Waals surface area contributed by atoms with Gasteiger partial charge in [-0.25, -0.2) is 9.97 Å². The van der Waals surface area contributed by atoms with Crippen LogP contribution in [-0.4, -0.2) is 53.2 Å². The van der Waals surface area contributed by atoms with Crippen molar-refractivity contribution in [3.05, 3.63) is 17.1 Å². The lowest BCUT2D eigenvalue weighted by Crippen LogP contribution is -2.36. The summed E-state index contributed by atoms with van der Waals surface area (Å²) in [5, 5.41) is 3.83. The summed E-state index contributed by atoms with van der Waals surface area (Å²) in [7, 11) is 0. The second kappa shape index (κ2) is 9.53. The lowest BCUT2D eigenvalue weighted by molar-refractivity contribution is 0.0945. The number of hydrogen-bond donors (Lipinski definition) is 1. The van der Waals surface area contributed by atoms with Gasteiger partial charge in [0.05, 0.1) is 11.3 Å². The van der Waals surface area contributed by atoms with Crippen molar-refractivity contribution in [2.45, 2.75) is 57.9 Å². The van der Waals surface area contributed by atoms with E-state index in [1.54, 1.807) is 0 Å². The SMILES string of the molecule is CSc1nc(C(C)C)nc(C)c1C(=O)NCCCN1CCCC(C)C1. The molecule has 5 nitrogen and oxygen atoms in total. The molecule has 0 bridgehead atoms. The minimum Gasteiger partial charge on any atom is -0.352 e. The van der Waals surface area contributed by atoms with E-state index in [4.69, 9.17) is 0 Å². The van der Waals surface area contributed by atoms with Crippen molar-refractivity contribution in [1.82, 2.24) is 20.2 Å². The first-order valence-corrected chi connectivity index (χ1v) is 10.6. The molecule has 6 heteroatoms. The minimum absolute atomic E-state index is 0.0517. The van der Waals surface area contributed by atoms with E-state index >= 15 is 0 Å². The van der Waals surface area contributed by atoms with Gasteiger partial charge in [-0.05, 0) is 51.4 Å². The third kappa shape index (κ3) is 5.68. The van der Waals surface area contributed by atoms with Crippen LogP contribution in [0.3, 0.4) is 0 Å². The monoisotopic (exact) mass is 364 g/mol. The zero-order valence-corrected chi connectivity index (χ0v) is 17.1. The van der Waals surface area contributed by atoms with E-state index in [1.165, 1.54) is 37.7 Å². The quantitative estimate of drug-likeness (QED) is 0.456. The van der Waals surface area contributed by atoms with Gasteiger partial charge in [0.15, 0.2) is 0 Å². The maximum Gasteiger partial charge on any atom is 0.255 e. The van der Waals surface area contributed by atoms with Crippen LogP contribution in [0.15, 0.2) is 5.03 Å². The normalized spacial score (nSPS) is 18.6. The van der Waals surface area contributed by atoms with Crippen molar-refractivity contribution in [2.24, 2.45) is 5.92 Å². The molecule has 1 N–H and O–H groups in total. The van der Waals surface area contributed by atoms with Crippen LogP contribution in [0.2, 0.25) is 0 Å². The Bertz CT molecular complexity index is 591. The second-order valence-corrected chi connectivity index (χ2v) is 8.16. The molecule has 0 radical (unpaired) electrons. The van der Waals surface area contributed by atoms with Crippen LogP contribution in [0.25, 0.3) is 0 Å². The Kier molecular flexibility index (Phi) is 7.69. The van der Waals surface area contributed by atoms with Crippen LogP contribution in [0, 0.1) is 12.8 Å². The molecular formula is C19H32N4OS. The highest BCUT2D eigenvalue weighted by molar-refractivity contribution is 7.98. The fraction of sp³-hybridized carbons (Fsp3) is 0.737. The number of nitrogens with one attached hydrogen (secondary N) is 1. The van der Waals surface area contributed by atoms with Crippen LogP contribution in [-0.2, 0) is 0 Å². The van der Waals surface area contributed by atoms with Gasteiger partial charge < -0.3 is 10.2 Å². The zero-order chi connectivity index (χ0) is 18.4. The van der Waals surface area contributed by atoms with E-state index in [1.807, 2.05) is 13.2 Å². The van der Waals surface area contributed by atoms with Crippen LogP contribution in [0.5, 0.6) is 0 Å². The molecule has 0 aliphatic carbocycles. The fourth-order valence-corrected chi connectivity index (χ4v) is 3.95. The average molecular weight is 365 g/mol. The summed E-state index contributed by atoms with van der Waals surface area (Å²) in [6, 6.07) is 0. The van der Waals surface area contributed by atoms with Gasteiger partial charge in [0.25, 0.3) is 5.91 Å². The Labute approximate surface area is 156 Å². The number of carbonyl (C=O) groups excluding carboxylic acids is 1. The van der Waals surface area contributed by atoms with E-state index < -0.39 is 0 Å². The van der Waals surface area contributed by atoms with Crippen LogP contribution in [0.4, 0.5) is 0 Å². The number of aromatic nitrogens is 2. The summed E-state index contributed by atoms with van der Waals surface area (Å²) < 4.78 is 0. The Morgan fingerprint density at radius 1 is 1.40 bits per heavy atom. The van der Waals surface area contributed by atoms with Gasteiger partial charge in [0.2, 0.25) is 0 Å². The van der Waals surface area contributed by atoms with Gasteiger partial charge in [-0.1, -0.05) is 20.8 Å². The number of piperidine rings is 1. The van der Waals surface area contributed by atoms with Crippen molar-refractivity contribution in [2.75, 3.05) is 32.4 Å². The number of amides is 1. The summed E-state index contributed by atoms with van der Waals surface area (Å²) in [6.45, 7) is 12.5. The number of likely N-dealkylation sites (tertiary alicyclic amines) is 1. The molecule has 2 heterocycles. The maximum absolute atomic E-state index is 12.6. The second-order valence-electron chi connectivity index (χ2n) is 7.36. The molecule has 140 valence electrons. The molecule has 1 atom stereocenters. The van der Waals surface area contributed by atoms with E-state index in [-0.39, 0.29) is 11.8 Å². The first-order chi connectivity index (χ1) is 11.9. The molecule has 2 rings (SSSR count). The Morgan fingerprint density at radius 2 is 2.16 bits per heavy atom. The first kappa shape index (κ1) is 20.2. The Hall–Kier alpha value is -1.14. The highest BCUT2D eigenvalue weighted by atomic mass is 32.2. The first-order valence-electron chi connectivity index (χ1n) is 9.35. The third-order valence-electron chi connectivity index (χ3n) is 4.69. The lowest BCUT2D eigenvalue weighted by atomic mass is 10.0. The van der Waals surface area contributed by atoms with Crippen molar-refractivity contribution < 1.29 is 4.79 Å². The molecule has 1 aromatic rings. The molecule has 0 saturated carbocycles. The summed E-state index contributed by atoms with van der Waals surface area (Å²) in [5.41, 5.74) is 1.40. The summed E-state index contributed by atoms with van der Waals surface area (Å²) in [6.07, 6.45) is 5.58. The smallest absolute Gasteiger partial charge is 0.255 e. The van der Waals surface area contributed by atoms with Gasteiger partial charge >= 0.3 is 0 Å². The molecule has 1 aromatic heterocycles. The van der Waals surface area contributed by atoms with E-state index in [2.05, 4.69) is 41.0 Å². The Balaban J connectivity index is 1.90. The molecule has 1 fully saturated rings. The van der Waals surface area contributed by atoms with E-state index in [0.29, 0.717) is 12.1 Å². The fourth-order valence-electron chi connectivity index (χ4n) is 3.32. The number of thioether (sulfide) groups is 1. The van der Waals surface area contributed by atoms with Crippen molar-refractivity contribution in [3.63, 3.8) is 0 Å². The number of rotatable bonds is 7. The lowest BCUT2D eigenvalue weighted by Gasteiger charge is -2.30. The van der Waals surface area contributed by atoms with Crippen molar-refractivity contribution in [3.8, 4) is 0 Å². The summed E-state index contributed by atoms with van der Waals surface area (Å²) in [4.78, 5) is 24.2. The zero-order valence-electron chi connectivity index (χ0n) is 16.3. The molecule has 1 unspecified atom stereocenters. The molecule has 0 aromatic carbocycles. The van der Waals surface area contributed by atoms with Crippen molar-refractivity contribution in [1.29, 1.82) is 0 Å². The molecule has 0 spiro atoms. The molecule has 1 saturated heterocycles. The van der Waals surface area contributed by atoms with Crippen LogP contribution >= 0.6 is 11.8 Å². The highest BCUT2D eigenvalue weighted by Gasteiger charge is 2.19. The summed E-state index contributed by atoms with van der Waals surface area (Å²) in [5.74, 6) is 1.81. The van der Waals surface area contributed by atoms with E-state index in [0.717, 1.165) is 35.4 Å². The van der Waals surface area contributed by atoms with Crippen LogP contribution < -0.4 is 5.32 Å². The number of hydrogen-bond acceptors (Lipinski definition) is 5. The number of aryl methyl sites for hydroxylation is 1. The van der Waals surface area contributed by atoms with Gasteiger partial charge in [0, 0.05) is 19.0 Å². The standard InChI is InChI=1S/C19H32N4OS/c1-13(2)17-21-15(4)16(19(22-17)25-5)18(24)20-9-7-11-23-10-6-8-14(3)12-23/h13-14H,6-12H2,1-5H3,(H,20,24). The molecular weight excluding hydrogens is 332 g/mol. The number of nitrogens with zero attached hydrogens (tertiary/aromatic N) is 3. The average Bonchev–Trinajstić information content (AvgIpc) is 2.57. The molecule has 1 amide bonds. The largest absolute Gasteiger partial charge is 0.352 e. The van der Waals surface area contributed by atoms with Crippen molar-refractivity contribution >= 4 is 17.7 Å². The number of carbonyl (C=O) groups is 1. The summed E-state index contributed by atoms with van der Waals surface area (Å²) >= 11 is 1.51. The van der Waals surface area contributed by atoms with Gasteiger partial charge in [0.1, 0.15) is 10.9 Å². The van der Waals surface area contributed by atoms with Gasteiger partial charge in [-0.2, -0.15) is 0 Å². The van der Waals surface area contributed by atoms with Gasteiger partial charge in [-0.3, -0.25) is 4.79 Å². The maximum atomic E-state index is 12.6. The van der Waals surface area contributed by atoms with Gasteiger partial charge in [-0.15, -0.1) is 11.8 Å². The molecule has 1 aliphatic rings. The highest BCUT2D eigenvalue weighted by Crippen LogP contribution is 2.23.